The van der Waals surface area contributed by atoms with E-state index in [1.54, 1.807) is 0 Å². The third-order valence-electron chi connectivity index (χ3n) is 4.43. The van der Waals surface area contributed by atoms with Gasteiger partial charge in [-0.15, -0.1) is 0 Å². The second kappa shape index (κ2) is 6.89. The number of imidazole rings is 1. The number of benzene rings is 2. The van der Waals surface area contributed by atoms with Crippen molar-refractivity contribution in [3.63, 3.8) is 0 Å². The molecule has 26 heavy (non-hydrogen) atoms. The molecule has 0 aliphatic heterocycles. The van der Waals surface area contributed by atoms with Gasteiger partial charge in [0.15, 0.2) is 0 Å². The van der Waals surface area contributed by atoms with Crippen molar-refractivity contribution in [3.8, 4) is 11.3 Å². The first-order valence-corrected chi connectivity index (χ1v) is 8.69. The molecule has 0 bridgehead atoms. The number of pyridine rings is 1. The Bertz CT molecular complexity index is 1040. The van der Waals surface area contributed by atoms with Gasteiger partial charge in [-0.05, 0) is 35.4 Å². The Kier molecular flexibility index (Phi) is 4.28. The lowest BCUT2D eigenvalue weighted by Crippen LogP contribution is -2.07. The number of anilines is 1. The zero-order chi connectivity index (χ0) is 17.9. The lowest BCUT2D eigenvalue weighted by atomic mass is 10.1. The molecular formula is C23H21N3. The molecule has 3 nitrogen and oxygen atoms in total. The highest BCUT2D eigenvalue weighted by atomic mass is 15.1. The molecule has 0 saturated heterocycles. The minimum atomic E-state index is 0.953. The highest BCUT2D eigenvalue weighted by Gasteiger charge is 2.04. The predicted octanol–water partition coefficient (Wildman–Crippen LogP) is 5.24. The minimum absolute atomic E-state index is 0.953. The van der Waals surface area contributed by atoms with Gasteiger partial charge in [-0.25, -0.2) is 4.98 Å². The van der Waals surface area contributed by atoms with Gasteiger partial charge < -0.3 is 9.30 Å². The van der Waals surface area contributed by atoms with Crippen LogP contribution in [0.3, 0.4) is 0 Å². The van der Waals surface area contributed by atoms with E-state index in [9.17, 15) is 0 Å². The maximum atomic E-state index is 4.75. The van der Waals surface area contributed by atoms with Crippen molar-refractivity contribution in [2.45, 2.75) is 0 Å². The fraction of sp³-hybridized carbons (Fsp3) is 0.0870. The number of hydrogen-bond acceptors (Lipinski definition) is 2. The van der Waals surface area contributed by atoms with Gasteiger partial charge in [0.2, 0.25) is 0 Å². The monoisotopic (exact) mass is 339 g/mol. The van der Waals surface area contributed by atoms with Crippen LogP contribution < -0.4 is 4.90 Å². The van der Waals surface area contributed by atoms with E-state index in [4.69, 9.17) is 4.98 Å². The van der Waals surface area contributed by atoms with E-state index in [0.717, 1.165) is 22.5 Å². The normalized spacial score (nSPS) is 11.3. The van der Waals surface area contributed by atoms with E-state index < -0.39 is 0 Å². The summed E-state index contributed by atoms with van der Waals surface area (Å²) in [6.45, 7) is 0. The Balaban J connectivity index is 1.59. The third kappa shape index (κ3) is 3.38. The van der Waals surface area contributed by atoms with E-state index in [2.05, 4.69) is 82.4 Å². The molecule has 0 aliphatic rings. The minimum Gasteiger partial charge on any atom is -0.378 e. The van der Waals surface area contributed by atoms with Crippen LogP contribution in [-0.4, -0.2) is 23.5 Å². The first kappa shape index (κ1) is 16.2. The zero-order valence-corrected chi connectivity index (χ0v) is 15.0. The van der Waals surface area contributed by atoms with Crippen LogP contribution in [0.1, 0.15) is 11.1 Å². The van der Waals surface area contributed by atoms with Crippen molar-refractivity contribution < 1.29 is 0 Å². The summed E-state index contributed by atoms with van der Waals surface area (Å²) in [5, 5.41) is 0. The molecule has 2 heterocycles. The van der Waals surface area contributed by atoms with Gasteiger partial charge in [-0.1, -0.05) is 54.6 Å². The van der Waals surface area contributed by atoms with Gasteiger partial charge >= 0.3 is 0 Å². The van der Waals surface area contributed by atoms with Gasteiger partial charge in [0.25, 0.3) is 0 Å². The maximum absolute atomic E-state index is 4.75. The molecular weight excluding hydrogens is 318 g/mol. The maximum Gasteiger partial charge on any atom is 0.138 e. The number of hydrogen-bond donors (Lipinski definition) is 0. The van der Waals surface area contributed by atoms with Gasteiger partial charge in [0.1, 0.15) is 5.65 Å². The molecule has 4 rings (SSSR count). The van der Waals surface area contributed by atoms with Gasteiger partial charge in [-0.3, -0.25) is 0 Å². The Hall–Kier alpha value is -3.33. The van der Waals surface area contributed by atoms with E-state index in [1.165, 1.54) is 11.3 Å². The number of rotatable bonds is 4. The summed E-state index contributed by atoms with van der Waals surface area (Å²) in [4.78, 5) is 6.85. The van der Waals surface area contributed by atoms with Crippen LogP contribution in [0.2, 0.25) is 0 Å². The molecule has 0 amide bonds. The molecule has 3 heteroatoms. The first-order chi connectivity index (χ1) is 12.7. The second-order valence-electron chi connectivity index (χ2n) is 6.54. The van der Waals surface area contributed by atoms with Crippen LogP contribution in [0.4, 0.5) is 5.69 Å². The Labute approximate surface area is 153 Å². The fourth-order valence-electron chi connectivity index (χ4n) is 2.93. The van der Waals surface area contributed by atoms with Crippen molar-refractivity contribution in [2.75, 3.05) is 19.0 Å². The zero-order valence-electron chi connectivity index (χ0n) is 15.0. The molecule has 0 spiro atoms. The van der Waals surface area contributed by atoms with E-state index >= 15 is 0 Å². The standard InChI is InChI=1S/C23H21N3/c1-25(2)21-12-10-18(11-13-21)8-9-19-14-15-26-17-22(24-23(26)16-19)20-6-4-3-5-7-20/h3-17H,1-2H3/b9-8+. The molecule has 0 N–H and O–H groups in total. The average Bonchev–Trinajstić information content (AvgIpc) is 3.11. The van der Waals surface area contributed by atoms with Crippen LogP contribution in [0.15, 0.2) is 79.1 Å². The summed E-state index contributed by atoms with van der Waals surface area (Å²) in [5.74, 6) is 0. The molecule has 2 aromatic heterocycles. The Morgan fingerprint density at radius 2 is 1.58 bits per heavy atom. The summed E-state index contributed by atoms with van der Waals surface area (Å²) < 4.78 is 2.06. The van der Waals surface area contributed by atoms with Crippen LogP contribution in [0.5, 0.6) is 0 Å². The molecule has 0 aliphatic carbocycles. The summed E-state index contributed by atoms with van der Waals surface area (Å²) in [6, 6.07) is 23.0. The van der Waals surface area contributed by atoms with Crippen molar-refractivity contribution >= 4 is 23.5 Å². The quantitative estimate of drug-likeness (QED) is 0.507. The molecule has 2 aromatic carbocycles. The van der Waals surface area contributed by atoms with Crippen molar-refractivity contribution in [2.24, 2.45) is 0 Å². The van der Waals surface area contributed by atoms with Crippen molar-refractivity contribution in [1.29, 1.82) is 0 Å². The molecule has 0 saturated carbocycles. The molecule has 0 radical (unpaired) electrons. The van der Waals surface area contributed by atoms with Crippen LogP contribution in [0.25, 0.3) is 29.1 Å². The lowest BCUT2D eigenvalue weighted by molar-refractivity contribution is 1.13. The topological polar surface area (TPSA) is 20.5 Å². The lowest BCUT2D eigenvalue weighted by Gasteiger charge is -2.11. The van der Waals surface area contributed by atoms with E-state index in [1.807, 2.05) is 32.3 Å². The Morgan fingerprint density at radius 1 is 0.846 bits per heavy atom. The average molecular weight is 339 g/mol. The van der Waals surface area contributed by atoms with Gasteiger partial charge in [-0.2, -0.15) is 0 Å². The second-order valence-corrected chi connectivity index (χ2v) is 6.54. The SMILES string of the molecule is CN(C)c1ccc(/C=C/c2ccn3cc(-c4ccccc4)nc3c2)cc1. The summed E-state index contributed by atoms with van der Waals surface area (Å²) >= 11 is 0. The van der Waals surface area contributed by atoms with E-state index in [0.29, 0.717) is 0 Å². The number of nitrogens with zero attached hydrogens (tertiary/aromatic N) is 3. The largest absolute Gasteiger partial charge is 0.378 e. The molecule has 0 unspecified atom stereocenters. The molecule has 128 valence electrons. The number of fused-ring (bicyclic) bond motifs is 1. The van der Waals surface area contributed by atoms with Crippen molar-refractivity contribution in [1.82, 2.24) is 9.38 Å². The van der Waals surface area contributed by atoms with E-state index in [-0.39, 0.29) is 0 Å². The van der Waals surface area contributed by atoms with Gasteiger partial charge in [0.05, 0.1) is 5.69 Å². The van der Waals surface area contributed by atoms with Crippen LogP contribution in [0, 0.1) is 0 Å². The number of aromatic nitrogens is 2. The smallest absolute Gasteiger partial charge is 0.138 e. The molecule has 0 atom stereocenters. The summed E-state index contributed by atoms with van der Waals surface area (Å²) in [5.41, 5.74) is 6.60. The molecule has 0 fully saturated rings. The summed E-state index contributed by atoms with van der Waals surface area (Å²) in [6.07, 6.45) is 8.38. The molecule has 4 aromatic rings. The van der Waals surface area contributed by atoms with Crippen LogP contribution in [-0.2, 0) is 0 Å². The highest BCUT2D eigenvalue weighted by Crippen LogP contribution is 2.20. The highest BCUT2D eigenvalue weighted by molar-refractivity contribution is 5.72. The van der Waals surface area contributed by atoms with Crippen LogP contribution >= 0.6 is 0 Å². The third-order valence-corrected chi connectivity index (χ3v) is 4.43. The summed E-state index contributed by atoms with van der Waals surface area (Å²) in [7, 11) is 4.10. The Morgan fingerprint density at radius 3 is 2.31 bits per heavy atom. The van der Waals surface area contributed by atoms with Gasteiger partial charge in [0, 0.05) is 37.7 Å². The predicted molar refractivity (Wildman–Crippen MR) is 110 cm³/mol. The fourth-order valence-corrected chi connectivity index (χ4v) is 2.93. The van der Waals surface area contributed by atoms with Crippen molar-refractivity contribution in [3.05, 3.63) is 90.3 Å². The first-order valence-electron chi connectivity index (χ1n) is 8.69.